The number of urea groups is 1. The lowest BCUT2D eigenvalue weighted by Crippen LogP contribution is -2.41. The molecular weight excluding hydrogens is 274 g/mol. The Morgan fingerprint density at radius 2 is 2.55 bits per heavy atom. The normalized spacial score (nSPS) is 18.3. The first kappa shape index (κ1) is 14.8. The van der Waals surface area contributed by atoms with Crippen molar-refractivity contribution in [1.82, 2.24) is 9.88 Å². The molecule has 1 aromatic heterocycles. The predicted octanol–water partition coefficient (Wildman–Crippen LogP) is 2.14. The van der Waals surface area contributed by atoms with Crippen molar-refractivity contribution >= 4 is 22.5 Å². The summed E-state index contributed by atoms with van der Waals surface area (Å²) in [5.41, 5.74) is 0. The minimum atomic E-state index is -0.0826. The van der Waals surface area contributed by atoms with Crippen LogP contribution in [-0.4, -0.2) is 40.7 Å². The lowest BCUT2D eigenvalue weighted by molar-refractivity contribution is 0.182. The number of carbonyl (C=O) groups is 1. The lowest BCUT2D eigenvalue weighted by atomic mass is 10.0. The van der Waals surface area contributed by atoms with Gasteiger partial charge in [0.2, 0.25) is 0 Å². The third-order valence-electron chi connectivity index (χ3n) is 3.11. The highest BCUT2D eigenvalue weighted by Gasteiger charge is 2.21. The van der Waals surface area contributed by atoms with Crippen LogP contribution in [0.1, 0.15) is 31.1 Å². The summed E-state index contributed by atoms with van der Waals surface area (Å²) in [4.78, 5) is 18.9. The summed E-state index contributed by atoms with van der Waals surface area (Å²) in [7, 11) is 0. The molecule has 5 nitrogen and oxygen atoms in total. The Bertz CT molecular complexity index is 518. The number of nitrogens with zero attached hydrogens (tertiary/aromatic N) is 2. The van der Waals surface area contributed by atoms with Crippen LogP contribution >= 0.6 is 11.3 Å². The molecule has 1 unspecified atom stereocenters. The molecule has 1 fully saturated rings. The van der Waals surface area contributed by atoms with E-state index in [-0.39, 0.29) is 12.6 Å². The van der Waals surface area contributed by atoms with E-state index < -0.39 is 0 Å². The van der Waals surface area contributed by atoms with Crippen LogP contribution in [0, 0.1) is 17.8 Å². The highest BCUT2D eigenvalue weighted by molar-refractivity contribution is 7.16. The van der Waals surface area contributed by atoms with Gasteiger partial charge < -0.3 is 10.0 Å². The van der Waals surface area contributed by atoms with Gasteiger partial charge in [-0.3, -0.25) is 5.32 Å². The molecule has 20 heavy (non-hydrogen) atoms. The second kappa shape index (κ2) is 7.27. The maximum absolute atomic E-state index is 12.1. The molecule has 1 atom stereocenters. The molecule has 2 heterocycles. The molecule has 0 aromatic carbocycles. The summed E-state index contributed by atoms with van der Waals surface area (Å²) in [6.07, 6.45) is 4.34. The monoisotopic (exact) mass is 293 g/mol. The standard InChI is InChI=1S/C14H19N3O2S/c1-11-5-4-7-17(10-11)14(19)16-13-15-9-12(20-13)6-2-3-8-18/h9,11,18H,3-5,7-8,10H2,1H3,(H,15,16,19). The van der Waals surface area contributed by atoms with Crippen LogP contribution in [0.4, 0.5) is 9.93 Å². The van der Waals surface area contributed by atoms with Gasteiger partial charge in [0.1, 0.15) is 0 Å². The third-order valence-corrected chi connectivity index (χ3v) is 3.94. The number of aliphatic hydroxyl groups is 1. The van der Waals surface area contributed by atoms with Crippen LogP contribution in [0.2, 0.25) is 0 Å². The van der Waals surface area contributed by atoms with Gasteiger partial charge in [-0.2, -0.15) is 0 Å². The van der Waals surface area contributed by atoms with Gasteiger partial charge in [-0.05, 0) is 18.8 Å². The number of piperidine rings is 1. The molecule has 0 saturated carbocycles. The number of aromatic nitrogens is 1. The zero-order valence-corrected chi connectivity index (χ0v) is 12.4. The number of amides is 2. The summed E-state index contributed by atoms with van der Waals surface area (Å²) >= 11 is 1.35. The van der Waals surface area contributed by atoms with Crippen molar-refractivity contribution in [3.05, 3.63) is 11.1 Å². The van der Waals surface area contributed by atoms with Crippen molar-refractivity contribution in [1.29, 1.82) is 0 Å². The van der Waals surface area contributed by atoms with E-state index in [1.165, 1.54) is 17.8 Å². The number of carbonyl (C=O) groups excluding carboxylic acids is 1. The van der Waals surface area contributed by atoms with Crippen molar-refractivity contribution in [2.75, 3.05) is 25.0 Å². The molecule has 2 N–H and O–H groups in total. The fraction of sp³-hybridized carbons (Fsp3) is 0.571. The smallest absolute Gasteiger partial charge is 0.323 e. The van der Waals surface area contributed by atoms with Crippen molar-refractivity contribution in [3.63, 3.8) is 0 Å². The van der Waals surface area contributed by atoms with E-state index in [1.54, 1.807) is 6.20 Å². The van der Waals surface area contributed by atoms with Gasteiger partial charge in [0.05, 0.1) is 17.7 Å². The SMILES string of the molecule is CC1CCCN(C(=O)Nc2ncc(C#CCCO)s2)C1. The molecule has 0 radical (unpaired) electrons. The van der Waals surface area contributed by atoms with E-state index >= 15 is 0 Å². The van der Waals surface area contributed by atoms with E-state index in [0.717, 1.165) is 24.4 Å². The topological polar surface area (TPSA) is 65.5 Å². The van der Waals surface area contributed by atoms with E-state index in [2.05, 4.69) is 29.1 Å². The minimum Gasteiger partial charge on any atom is -0.395 e. The van der Waals surface area contributed by atoms with Gasteiger partial charge in [-0.25, -0.2) is 9.78 Å². The van der Waals surface area contributed by atoms with Crippen LogP contribution < -0.4 is 5.32 Å². The number of rotatable bonds is 2. The first-order chi connectivity index (χ1) is 9.69. The van der Waals surface area contributed by atoms with Gasteiger partial charge in [-0.15, -0.1) is 0 Å². The van der Waals surface area contributed by atoms with Crippen LogP contribution in [0.3, 0.4) is 0 Å². The number of likely N-dealkylation sites (tertiary alicyclic amines) is 1. The van der Waals surface area contributed by atoms with Gasteiger partial charge in [0.25, 0.3) is 0 Å². The molecular formula is C14H19N3O2S. The molecule has 2 amide bonds. The van der Waals surface area contributed by atoms with Gasteiger partial charge >= 0.3 is 6.03 Å². The van der Waals surface area contributed by atoms with E-state index in [0.29, 0.717) is 17.5 Å². The Morgan fingerprint density at radius 3 is 3.30 bits per heavy atom. The Kier molecular flexibility index (Phi) is 5.39. The van der Waals surface area contributed by atoms with Crippen LogP contribution in [-0.2, 0) is 0 Å². The zero-order valence-electron chi connectivity index (χ0n) is 11.6. The van der Waals surface area contributed by atoms with Crippen LogP contribution in [0.15, 0.2) is 6.20 Å². The number of anilines is 1. The molecule has 108 valence electrons. The third kappa shape index (κ3) is 4.22. The average Bonchev–Trinajstić information content (AvgIpc) is 2.86. The Balaban J connectivity index is 1.90. The zero-order chi connectivity index (χ0) is 14.4. The Labute approximate surface area is 123 Å². The summed E-state index contributed by atoms with van der Waals surface area (Å²) in [6, 6.07) is -0.0826. The Hall–Kier alpha value is -1.58. The average molecular weight is 293 g/mol. The summed E-state index contributed by atoms with van der Waals surface area (Å²) in [5.74, 6) is 6.30. The molecule has 6 heteroatoms. The largest absolute Gasteiger partial charge is 0.395 e. The first-order valence-corrected chi connectivity index (χ1v) is 7.62. The van der Waals surface area contributed by atoms with Gasteiger partial charge in [-0.1, -0.05) is 30.1 Å². The predicted molar refractivity (Wildman–Crippen MR) is 79.7 cm³/mol. The maximum Gasteiger partial charge on any atom is 0.323 e. The van der Waals surface area contributed by atoms with Gasteiger partial charge in [0.15, 0.2) is 5.13 Å². The molecule has 0 aliphatic carbocycles. The summed E-state index contributed by atoms with van der Waals surface area (Å²) in [5, 5.41) is 12.0. The molecule has 0 spiro atoms. The lowest BCUT2D eigenvalue weighted by Gasteiger charge is -2.30. The van der Waals surface area contributed by atoms with Gasteiger partial charge in [0, 0.05) is 19.5 Å². The number of thiazole rings is 1. The van der Waals surface area contributed by atoms with E-state index in [1.807, 2.05) is 4.90 Å². The number of hydrogen-bond acceptors (Lipinski definition) is 4. The molecule has 1 aliphatic rings. The second-order valence-electron chi connectivity index (χ2n) is 4.93. The fourth-order valence-corrected chi connectivity index (χ4v) is 2.82. The van der Waals surface area contributed by atoms with Crippen molar-refractivity contribution in [2.24, 2.45) is 5.92 Å². The van der Waals surface area contributed by atoms with Crippen molar-refractivity contribution in [3.8, 4) is 11.8 Å². The quantitative estimate of drug-likeness (QED) is 0.821. The second-order valence-corrected chi connectivity index (χ2v) is 5.96. The molecule has 1 aliphatic heterocycles. The number of hydrogen-bond donors (Lipinski definition) is 2. The summed E-state index contributed by atoms with van der Waals surface area (Å²) in [6.45, 7) is 3.84. The maximum atomic E-state index is 12.1. The van der Waals surface area contributed by atoms with E-state index in [9.17, 15) is 4.79 Å². The van der Waals surface area contributed by atoms with E-state index in [4.69, 9.17) is 5.11 Å². The molecule has 2 rings (SSSR count). The summed E-state index contributed by atoms with van der Waals surface area (Å²) < 4.78 is 0. The molecule has 1 aromatic rings. The van der Waals surface area contributed by atoms with Crippen LogP contribution in [0.25, 0.3) is 0 Å². The fourth-order valence-electron chi connectivity index (χ4n) is 2.14. The van der Waals surface area contributed by atoms with Crippen molar-refractivity contribution in [2.45, 2.75) is 26.2 Å². The number of nitrogens with one attached hydrogen (secondary N) is 1. The highest BCUT2D eigenvalue weighted by atomic mass is 32.1. The first-order valence-electron chi connectivity index (χ1n) is 6.80. The molecule has 1 saturated heterocycles. The highest BCUT2D eigenvalue weighted by Crippen LogP contribution is 2.20. The van der Waals surface area contributed by atoms with Crippen molar-refractivity contribution < 1.29 is 9.90 Å². The Morgan fingerprint density at radius 1 is 1.70 bits per heavy atom. The number of aliphatic hydroxyl groups excluding tert-OH is 1. The molecule has 0 bridgehead atoms. The minimum absolute atomic E-state index is 0.0581. The van der Waals surface area contributed by atoms with Crippen LogP contribution in [0.5, 0.6) is 0 Å².